The van der Waals surface area contributed by atoms with Crippen LogP contribution < -0.4 is 10.6 Å². The molecule has 0 aliphatic carbocycles. The Kier molecular flexibility index (Phi) is 7.85. The van der Waals surface area contributed by atoms with Crippen molar-refractivity contribution >= 4 is 22.8 Å². The number of piperazine rings is 1. The van der Waals surface area contributed by atoms with Crippen LogP contribution in [0.4, 0.5) is 14.6 Å². The van der Waals surface area contributed by atoms with Crippen molar-refractivity contribution in [1.82, 2.24) is 29.4 Å². The Labute approximate surface area is 242 Å². The highest BCUT2D eigenvalue weighted by atomic mass is 19.1. The first kappa shape index (κ1) is 29.0. The summed E-state index contributed by atoms with van der Waals surface area (Å²) in [5, 5.41) is 0.274. The predicted molar refractivity (Wildman–Crippen MR) is 158 cm³/mol. The Morgan fingerprint density at radius 1 is 1.02 bits per heavy atom. The van der Waals surface area contributed by atoms with Crippen molar-refractivity contribution in [1.29, 1.82) is 0 Å². The molecule has 0 radical (unpaired) electrons. The van der Waals surface area contributed by atoms with E-state index < -0.39 is 17.3 Å². The van der Waals surface area contributed by atoms with Gasteiger partial charge in [-0.05, 0) is 43.0 Å². The molecule has 0 N–H and O–H groups in total. The van der Waals surface area contributed by atoms with Crippen molar-refractivity contribution in [3.8, 4) is 16.9 Å². The molecule has 11 heteroatoms. The van der Waals surface area contributed by atoms with Crippen LogP contribution in [0.25, 0.3) is 28.0 Å². The maximum atomic E-state index is 15.8. The summed E-state index contributed by atoms with van der Waals surface area (Å²) in [6.45, 7) is 14.3. The fourth-order valence-electron chi connectivity index (χ4n) is 5.47. The normalized spacial score (nSPS) is 15.6. The van der Waals surface area contributed by atoms with Crippen LogP contribution in [-0.4, -0.2) is 61.0 Å². The molecular formula is C31H33F2N7O2. The minimum Gasteiger partial charge on any atom is -0.352 e. The fourth-order valence-corrected chi connectivity index (χ4v) is 5.47. The Hall–Kier alpha value is -4.54. The van der Waals surface area contributed by atoms with Gasteiger partial charge in [-0.1, -0.05) is 46.4 Å². The van der Waals surface area contributed by atoms with Crippen LogP contribution in [0.15, 0.2) is 54.1 Å². The summed E-state index contributed by atoms with van der Waals surface area (Å²) in [7, 11) is 0. The number of benzene rings is 1. The van der Waals surface area contributed by atoms with Gasteiger partial charge < -0.3 is 9.80 Å². The molecule has 9 nitrogen and oxygen atoms in total. The molecule has 1 aromatic carbocycles. The van der Waals surface area contributed by atoms with Gasteiger partial charge in [0.25, 0.3) is 0 Å². The van der Waals surface area contributed by atoms with Crippen molar-refractivity contribution in [2.24, 2.45) is 0 Å². The molecule has 0 saturated carbocycles. The number of halogens is 2. The molecule has 4 aromatic rings. The van der Waals surface area contributed by atoms with Gasteiger partial charge in [-0.3, -0.25) is 4.79 Å². The van der Waals surface area contributed by atoms with Gasteiger partial charge >= 0.3 is 5.69 Å². The number of carbonyl (C=O) groups is 1. The lowest BCUT2D eigenvalue weighted by Gasteiger charge is -2.40. The number of nitrogens with zero attached hydrogens (tertiary/aromatic N) is 7. The molecule has 1 fully saturated rings. The summed E-state index contributed by atoms with van der Waals surface area (Å²) >= 11 is 0. The van der Waals surface area contributed by atoms with Gasteiger partial charge in [0.1, 0.15) is 29.5 Å². The first-order valence-corrected chi connectivity index (χ1v) is 13.9. The SMILES string of the molecule is C=CC(=O)N1CCN(c2nc(=O)n(-c3c(C(C)C)ncnc3C(C)C)c3nc(-c4ccccc4F)c(F)cc23)C[C@@H]1C. The number of anilines is 1. The number of fused-ring (bicyclic) bond motifs is 1. The van der Waals surface area contributed by atoms with E-state index in [1.807, 2.05) is 39.5 Å². The van der Waals surface area contributed by atoms with Crippen molar-refractivity contribution < 1.29 is 13.6 Å². The first-order chi connectivity index (χ1) is 20.0. The highest BCUT2D eigenvalue weighted by Gasteiger charge is 2.31. The van der Waals surface area contributed by atoms with Crippen LogP contribution in [0.1, 0.15) is 57.8 Å². The van der Waals surface area contributed by atoms with E-state index in [0.717, 1.165) is 0 Å². The molecule has 1 amide bonds. The largest absolute Gasteiger partial charge is 0.355 e. The van der Waals surface area contributed by atoms with Crippen LogP contribution in [0.2, 0.25) is 0 Å². The Morgan fingerprint density at radius 2 is 1.69 bits per heavy atom. The van der Waals surface area contributed by atoms with Gasteiger partial charge in [-0.2, -0.15) is 4.98 Å². The van der Waals surface area contributed by atoms with Gasteiger partial charge in [0.15, 0.2) is 5.65 Å². The van der Waals surface area contributed by atoms with E-state index in [1.54, 1.807) is 11.0 Å². The van der Waals surface area contributed by atoms with Gasteiger partial charge in [-0.25, -0.2) is 33.1 Å². The van der Waals surface area contributed by atoms with Crippen LogP contribution in [-0.2, 0) is 4.79 Å². The van der Waals surface area contributed by atoms with E-state index >= 15 is 4.39 Å². The van der Waals surface area contributed by atoms with Gasteiger partial charge in [0, 0.05) is 31.2 Å². The van der Waals surface area contributed by atoms with Gasteiger partial charge in [0.05, 0.1) is 22.5 Å². The van der Waals surface area contributed by atoms with Crippen molar-refractivity contribution in [3.05, 3.63) is 82.8 Å². The Balaban J connectivity index is 1.83. The third-order valence-electron chi connectivity index (χ3n) is 7.51. The van der Waals surface area contributed by atoms with Crippen molar-refractivity contribution in [3.63, 3.8) is 0 Å². The number of carbonyl (C=O) groups excluding carboxylic acids is 1. The molecule has 0 spiro atoms. The van der Waals surface area contributed by atoms with Gasteiger partial charge in [0.2, 0.25) is 5.91 Å². The van der Waals surface area contributed by atoms with E-state index in [4.69, 9.17) is 0 Å². The molecule has 0 bridgehead atoms. The molecular weight excluding hydrogens is 540 g/mol. The summed E-state index contributed by atoms with van der Waals surface area (Å²) < 4.78 is 32.0. The second-order valence-corrected chi connectivity index (χ2v) is 11.1. The standard InChI is InChI=1S/C31H33F2N7O2/c1-7-24(41)39-13-12-38(15-19(39)6)29-21-14-23(33)27(20-10-8-9-11-22(20)32)36-30(21)40(31(42)37-29)28-25(17(2)3)34-16-35-26(28)18(4)5/h7-11,14,16-19H,1,12-13,15H2,2-6H3/t19-/m0/s1. The lowest BCUT2D eigenvalue weighted by atomic mass is 10.0. The number of hydrogen-bond acceptors (Lipinski definition) is 7. The average molecular weight is 574 g/mol. The molecule has 0 unspecified atom stereocenters. The van der Waals surface area contributed by atoms with E-state index in [9.17, 15) is 14.0 Å². The summed E-state index contributed by atoms with van der Waals surface area (Å²) in [5.74, 6) is -1.53. The summed E-state index contributed by atoms with van der Waals surface area (Å²) in [4.78, 5) is 48.0. The molecule has 5 rings (SSSR count). The molecule has 42 heavy (non-hydrogen) atoms. The lowest BCUT2D eigenvalue weighted by Crippen LogP contribution is -2.54. The highest BCUT2D eigenvalue weighted by Crippen LogP contribution is 2.34. The smallest absolute Gasteiger partial charge is 0.352 e. The van der Waals surface area contributed by atoms with Crippen molar-refractivity contribution in [2.75, 3.05) is 24.5 Å². The molecule has 1 saturated heterocycles. The minimum absolute atomic E-state index is 0.0306. The lowest BCUT2D eigenvalue weighted by molar-refractivity contribution is -0.128. The number of amides is 1. The summed E-state index contributed by atoms with van der Waals surface area (Å²) in [6.07, 6.45) is 2.73. The highest BCUT2D eigenvalue weighted by molar-refractivity contribution is 5.91. The van der Waals surface area contributed by atoms with Crippen LogP contribution in [0, 0.1) is 11.6 Å². The van der Waals surface area contributed by atoms with Crippen molar-refractivity contribution in [2.45, 2.75) is 52.5 Å². The third kappa shape index (κ3) is 5.03. The van der Waals surface area contributed by atoms with E-state index in [2.05, 4.69) is 26.5 Å². The predicted octanol–water partition coefficient (Wildman–Crippen LogP) is 4.99. The Morgan fingerprint density at radius 3 is 2.29 bits per heavy atom. The number of hydrogen-bond donors (Lipinski definition) is 0. The van der Waals surface area contributed by atoms with Crippen LogP contribution >= 0.6 is 0 Å². The topological polar surface area (TPSA) is 97.1 Å². The summed E-state index contributed by atoms with van der Waals surface area (Å²) in [6, 6.07) is 6.82. The number of rotatable bonds is 6. The molecule has 1 aliphatic heterocycles. The second-order valence-electron chi connectivity index (χ2n) is 11.1. The fraction of sp³-hybridized carbons (Fsp3) is 0.355. The monoisotopic (exact) mass is 573 g/mol. The second kappa shape index (κ2) is 11.4. The molecule has 3 aromatic heterocycles. The number of pyridine rings is 1. The number of aromatic nitrogens is 5. The van der Waals surface area contributed by atoms with E-state index in [-0.39, 0.29) is 51.9 Å². The maximum Gasteiger partial charge on any atom is 0.355 e. The zero-order chi connectivity index (χ0) is 30.3. The van der Waals surface area contributed by atoms with Crippen LogP contribution in [0.3, 0.4) is 0 Å². The maximum absolute atomic E-state index is 15.8. The van der Waals surface area contributed by atoms with Crippen LogP contribution in [0.5, 0.6) is 0 Å². The zero-order valence-electron chi connectivity index (χ0n) is 24.3. The molecule has 4 heterocycles. The first-order valence-electron chi connectivity index (χ1n) is 13.9. The van der Waals surface area contributed by atoms with Gasteiger partial charge in [-0.15, -0.1) is 0 Å². The van der Waals surface area contributed by atoms with E-state index in [1.165, 1.54) is 41.2 Å². The minimum atomic E-state index is -0.758. The Bertz CT molecular complexity index is 1730. The molecule has 218 valence electrons. The third-order valence-corrected chi connectivity index (χ3v) is 7.51. The zero-order valence-corrected chi connectivity index (χ0v) is 24.3. The average Bonchev–Trinajstić information content (AvgIpc) is 2.96. The molecule has 1 aliphatic rings. The quantitative estimate of drug-likeness (QED) is 0.300. The summed E-state index contributed by atoms with van der Waals surface area (Å²) in [5.41, 5.74) is 0.856. The van der Waals surface area contributed by atoms with E-state index in [0.29, 0.717) is 36.7 Å². The molecule has 1 atom stereocenters.